The Bertz CT molecular complexity index is 980. The molecule has 6 nitrogen and oxygen atoms in total. The van der Waals surface area contributed by atoms with Crippen LogP contribution in [-0.4, -0.2) is 17.5 Å². The average molecular weight is 382 g/mol. The number of rotatable bonds is 5. The number of anilines is 1. The van der Waals surface area contributed by atoms with E-state index in [1.807, 2.05) is 0 Å². The van der Waals surface area contributed by atoms with Crippen molar-refractivity contribution >= 4 is 34.8 Å². The van der Waals surface area contributed by atoms with Crippen molar-refractivity contribution in [3.05, 3.63) is 88.8 Å². The van der Waals surface area contributed by atoms with Crippen molar-refractivity contribution < 1.29 is 14.0 Å². The first-order chi connectivity index (χ1) is 13.0. The molecular weight excluding hydrogens is 366 g/mol. The maximum atomic E-state index is 12.1. The number of nitrogens with zero attached hydrogens (tertiary/aromatic N) is 1. The number of carbonyl (C=O) groups excluding carboxylic acids is 2. The Hall–Kier alpha value is -3.38. The van der Waals surface area contributed by atoms with E-state index in [0.717, 1.165) is 5.56 Å². The van der Waals surface area contributed by atoms with Crippen molar-refractivity contribution in [1.29, 1.82) is 0 Å². The second-order valence-corrected chi connectivity index (χ2v) is 6.09. The topological polar surface area (TPSA) is 83.7 Å². The molecule has 27 heavy (non-hydrogen) atoms. The van der Waals surface area contributed by atoms with Crippen LogP contribution < -0.4 is 10.7 Å². The summed E-state index contributed by atoms with van der Waals surface area (Å²) in [6.45, 7) is 1.77. The summed E-state index contributed by atoms with van der Waals surface area (Å²) < 4.78 is 5.05. The highest BCUT2D eigenvalue weighted by Gasteiger charge is 2.09. The van der Waals surface area contributed by atoms with Crippen LogP contribution in [0.3, 0.4) is 0 Å². The van der Waals surface area contributed by atoms with Gasteiger partial charge in [0.15, 0.2) is 5.76 Å². The fraction of sp³-hybridized carbons (Fsp3) is 0.0500. The zero-order valence-electron chi connectivity index (χ0n) is 14.4. The molecule has 136 valence electrons. The van der Waals surface area contributed by atoms with Crippen LogP contribution in [0.1, 0.15) is 33.4 Å². The normalized spacial score (nSPS) is 11.1. The number of halogens is 1. The molecule has 0 radical (unpaired) electrons. The molecule has 0 unspecified atom stereocenters. The minimum absolute atomic E-state index is 0.237. The van der Waals surface area contributed by atoms with Gasteiger partial charge < -0.3 is 9.73 Å². The fourth-order valence-electron chi connectivity index (χ4n) is 2.29. The van der Waals surface area contributed by atoms with Gasteiger partial charge in [-0.15, -0.1) is 0 Å². The number of hydrazone groups is 1. The molecule has 0 saturated heterocycles. The summed E-state index contributed by atoms with van der Waals surface area (Å²) in [4.78, 5) is 24.0. The van der Waals surface area contributed by atoms with Crippen LogP contribution in [0.25, 0.3) is 0 Å². The van der Waals surface area contributed by atoms with E-state index in [1.165, 1.54) is 6.26 Å². The Morgan fingerprint density at radius 1 is 0.963 bits per heavy atom. The summed E-state index contributed by atoms with van der Waals surface area (Å²) in [5.74, 6) is -0.438. The van der Waals surface area contributed by atoms with Crippen LogP contribution in [0, 0.1) is 0 Å². The molecule has 0 atom stereocenters. The van der Waals surface area contributed by atoms with Crippen molar-refractivity contribution in [3.8, 4) is 0 Å². The van der Waals surface area contributed by atoms with E-state index in [0.29, 0.717) is 22.0 Å². The van der Waals surface area contributed by atoms with E-state index < -0.39 is 0 Å². The second-order valence-electron chi connectivity index (χ2n) is 5.66. The van der Waals surface area contributed by atoms with Gasteiger partial charge >= 0.3 is 0 Å². The third-order valence-corrected chi connectivity index (χ3v) is 3.95. The van der Waals surface area contributed by atoms with Gasteiger partial charge in [-0.1, -0.05) is 29.8 Å². The van der Waals surface area contributed by atoms with Crippen molar-refractivity contribution in [3.63, 3.8) is 0 Å². The molecule has 0 saturated carbocycles. The molecular formula is C20H16ClN3O3. The lowest BCUT2D eigenvalue weighted by Crippen LogP contribution is -2.19. The summed E-state index contributed by atoms with van der Waals surface area (Å²) >= 11 is 5.88. The molecule has 2 N–H and O–H groups in total. The van der Waals surface area contributed by atoms with E-state index in [2.05, 4.69) is 15.8 Å². The number of hydrogen-bond donors (Lipinski definition) is 2. The van der Waals surface area contributed by atoms with Crippen molar-refractivity contribution in [2.45, 2.75) is 6.92 Å². The van der Waals surface area contributed by atoms with Crippen molar-refractivity contribution in [2.24, 2.45) is 5.10 Å². The summed E-state index contributed by atoms with van der Waals surface area (Å²) in [7, 11) is 0. The van der Waals surface area contributed by atoms with Crippen LogP contribution in [0.15, 0.2) is 76.4 Å². The highest BCUT2D eigenvalue weighted by atomic mass is 35.5. The standard InChI is InChI=1S/C20H16ClN3O3/c1-13(23-24-19(25)15-4-2-5-16(21)12-15)14-7-9-17(10-8-14)22-20(26)18-6-3-11-27-18/h2-12H,1H3,(H,22,26)(H,24,25). The Morgan fingerprint density at radius 3 is 2.41 bits per heavy atom. The number of nitrogens with one attached hydrogen (secondary N) is 2. The molecule has 0 fully saturated rings. The maximum Gasteiger partial charge on any atom is 0.291 e. The highest BCUT2D eigenvalue weighted by molar-refractivity contribution is 6.31. The van der Waals surface area contributed by atoms with Gasteiger partial charge in [0.25, 0.3) is 11.8 Å². The van der Waals surface area contributed by atoms with Gasteiger partial charge in [0.2, 0.25) is 0 Å². The molecule has 3 rings (SSSR count). The first-order valence-electron chi connectivity index (χ1n) is 8.08. The van der Waals surface area contributed by atoms with Gasteiger partial charge in [-0.05, 0) is 55.0 Å². The fourth-order valence-corrected chi connectivity index (χ4v) is 2.48. The van der Waals surface area contributed by atoms with E-state index >= 15 is 0 Å². The van der Waals surface area contributed by atoms with E-state index in [9.17, 15) is 9.59 Å². The Labute approximate surface area is 160 Å². The molecule has 0 spiro atoms. The first kappa shape index (κ1) is 18.4. The predicted octanol–water partition coefficient (Wildman–Crippen LogP) is 4.34. The second kappa shape index (κ2) is 8.33. The first-order valence-corrected chi connectivity index (χ1v) is 8.46. The zero-order chi connectivity index (χ0) is 19.2. The summed E-state index contributed by atoms with van der Waals surface area (Å²) in [5, 5.41) is 7.32. The number of hydrogen-bond acceptors (Lipinski definition) is 4. The largest absolute Gasteiger partial charge is 0.459 e. The number of furan rings is 1. The van der Waals surface area contributed by atoms with Gasteiger partial charge in [-0.3, -0.25) is 9.59 Å². The van der Waals surface area contributed by atoms with Gasteiger partial charge in [0, 0.05) is 16.3 Å². The number of amides is 2. The van der Waals surface area contributed by atoms with Gasteiger partial charge in [0.1, 0.15) is 0 Å². The van der Waals surface area contributed by atoms with Crippen LogP contribution in [0.2, 0.25) is 5.02 Å². The molecule has 0 bridgehead atoms. The van der Waals surface area contributed by atoms with Crippen molar-refractivity contribution in [2.75, 3.05) is 5.32 Å². The van der Waals surface area contributed by atoms with E-state index in [1.54, 1.807) is 67.6 Å². The molecule has 2 amide bonds. The molecule has 1 aromatic heterocycles. The third-order valence-electron chi connectivity index (χ3n) is 3.72. The Kier molecular flexibility index (Phi) is 5.68. The lowest BCUT2D eigenvalue weighted by atomic mass is 10.1. The third kappa shape index (κ3) is 4.83. The Balaban J connectivity index is 1.63. The number of benzene rings is 2. The molecule has 0 aliphatic rings. The summed E-state index contributed by atoms with van der Waals surface area (Å²) in [6.07, 6.45) is 1.44. The van der Waals surface area contributed by atoms with Gasteiger partial charge in [0.05, 0.1) is 12.0 Å². The summed E-state index contributed by atoms with van der Waals surface area (Å²) in [5.41, 5.74) is 4.97. The van der Waals surface area contributed by atoms with Crippen LogP contribution >= 0.6 is 11.6 Å². The monoisotopic (exact) mass is 381 g/mol. The minimum atomic E-state index is -0.348. The van der Waals surface area contributed by atoms with E-state index in [-0.39, 0.29) is 17.6 Å². The SMILES string of the molecule is CC(=NNC(=O)c1cccc(Cl)c1)c1ccc(NC(=O)c2ccco2)cc1. The molecule has 2 aromatic carbocycles. The zero-order valence-corrected chi connectivity index (χ0v) is 15.2. The van der Waals surface area contributed by atoms with Crippen LogP contribution in [0.4, 0.5) is 5.69 Å². The quantitative estimate of drug-likeness (QED) is 0.509. The maximum absolute atomic E-state index is 12.1. The molecule has 0 aliphatic carbocycles. The number of carbonyl (C=O) groups is 2. The van der Waals surface area contributed by atoms with Crippen molar-refractivity contribution in [1.82, 2.24) is 5.43 Å². The lowest BCUT2D eigenvalue weighted by molar-refractivity contribution is 0.0953. The smallest absolute Gasteiger partial charge is 0.291 e. The predicted molar refractivity (Wildman–Crippen MR) is 104 cm³/mol. The average Bonchev–Trinajstić information content (AvgIpc) is 3.21. The van der Waals surface area contributed by atoms with Crippen LogP contribution in [-0.2, 0) is 0 Å². The van der Waals surface area contributed by atoms with Crippen LogP contribution in [0.5, 0.6) is 0 Å². The van der Waals surface area contributed by atoms with Gasteiger partial charge in [-0.25, -0.2) is 5.43 Å². The molecule has 7 heteroatoms. The Morgan fingerprint density at radius 2 is 1.74 bits per heavy atom. The molecule has 3 aromatic rings. The molecule has 0 aliphatic heterocycles. The van der Waals surface area contributed by atoms with E-state index in [4.69, 9.17) is 16.0 Å². The molecule has 1 heterocycles. The highest BCUT2D eigenvalue weighted by Crippen LogP contribution is 2.13. The van der Waals surface area contributed by atoms with Gasteiger partial charge in [-0.2, -0.15) is 5.10 Å². The lowest BCUT2D eigenvalue weighted by Gasteiger charge is -2.06. The summed E-state index contributed by atoms with van der Waals surface area (Å²) in [6, 6.07) is 16.9. The minimum Gasteiger partial charge on any atom is -0.459 e.